The highest BCUT2D eigenvalue weighted by molar-refractivity contribution is 9.09. The van der Waals surface area contributed by atoms with E-state index in [4.69, 9.17) is 4.74 Å². The summed E-state index contributed by atoms with van der Waals surface area (Å²) in [5, 5.41) is 2.05. The smallest absolute Gasteiger partial charge is 0.134 e. The van der Waals surface area contributed by atoms with Crippen LogP contribution in [0.2, 0.25) is 0 Å². The van der Waals surface area contributed by atoms with Gasteiger partial charge in [0.05, 0.1) is 16.8 Å². The normalized spacial score (nSPS) is 12.4. The minimum atomic E-state index is 0.211. The quantitative estimate of drug-likeness (QED) is 0.755. The lowest BCUT2D eigenvalue weighted by atomic mass is 10.1. The van der Waals surface area contributed by atoms with Gasteiger partial charge in [0.25, 0.3) is 0 Å². The average Bonchev–Trinajstić information content (AvgIpc) is 2.77. The van der Waals surface area contributed by atoms with Crippen molar-refractivity contribution in [2.75, 3.05) is 7.11 Å². The van der Waals surface area contributed by atoms with Gasteiger partial charge >= 0.3 is 0 Å². The molecule has 3 heteroatoms. The summed E-state index contributed by atoms with van der Waals surface area (Å²) in [6.07, 6.45) is 0. The molecule has 1 unspecified atom stereocenters. The van der Waals surface area contributed by atoms with Crippen LogP contribution in [0.25, 0.3) is 0 Å². The second-order valence-corrected chi connectivity index (χ2v) is 5.49. The molecule has 0 aliphatic heterocycles. The molecular weight excluding hydrogens is 284 g/mol. The van der Waals surface area contributed by atoms with Gasteiger partial charge in [-0.25, -0.2) is 0 Å². The topological polar surface area (TPSA) is 9.23 Å². The Balaban J connectivity index is 2.31. The predicted molar refractivity (Wildman–Crippen MR) is 72.8 cm³/mol. The van der Waals surface area contributed by atoms with Crippen molar-refractivity contribution in [2.45, 2.75) is 11.8 Å². The minimum absolute atomic E-state index is 0.211. The van der Waals surface area contributed by atoms with E-state index in [0.29, 0.717) is 0 Å². The van der Waals surface area contributed by atoms with E-state index in [1.165, 1.54) is 16.0 Å². The number of alkyl halides is 1. The van der Waals surface area contributed by atoms with Crippen molar-refractivity contribution in [2.24, 2.45) is 0 Å². The van der Waals surface area contributed by atoms with Gasteiger partial charge in [-0.05, 0) is 23.9 Å². The summed E-state index contributed by atoms with van der Waals surface area (Å²) < 4.78 is 5.33. The number of thiophene rings is 1. The van der Waals surface area contributed by atoms with Crippen LogP contribution in [0.1, 0.15) is 20.8 Å². The van der Waals surface area contributed by atoms with Crippen molar-refractivity contribution >= 4 is 27.3 Å². The third-order valence-corrected chi connectivity index (χ3v) is 4.73. The maximum absolute atomic E-state index is 5.33. The van der Waals surface area contributed by atoms with Crippen LogP contribution in [0.5, 0.6) is 5.75 Å². The molecule has 0 amide bonds. The van der Waals surface area contributed by atoms with E-state index in [-0.39, 0.29) is 4.83 Å². The third-order valence-electron chi connectivity index (χ3n) is 2.48. The second kappa shape index (κ2) is 5.02. The SMILES string of the molecule is COc1ccsc1C(Br)c1ccc(C)cc1. The number of methoxy groups -OCH3 is 1. The molecule has 1 nitrogen and oxygen atoms in total. The lowest BCUT2D eigenvalue weighted by Gasteiger charge is -2.10. The summed E-state index contributed by atoms with van der Waals surface area (Å²) in [5.74, 6) is 0.951. The van der Waals surface area contributed by atoms with Crippen LogP contribution >= 0.6 is 27.3 Å². The Morgan fingerprint density at radius 1 is 1.19 bits per heavy atom. The fourth-order valence-electron chi connectivity index (χ4n) is 1.55. The van der Waals surface area contributed by atoms with Gasteiger partial charge in [-0.3, -0.25) is 0 Å². The summed E-state index contributed by atoms with van der Waals surface area (Å²) in [4.78, 5) is 1.43. The zero-order valence-electron chi connectivity index (χ0n) is 9.24. The van der Waals surface area contributed by atoms with E-state index in [0.717, 1.165) is 5.75 Å². The van der Waals surface area contributed by atoms with Crippen LogP contribution in [0.4, 0.5) is 0 Å². The molecule has 84 valence electrons. The number of halogens is 1. The molecule has 0 aliphatic carbocycles. The zero-order valence-corrected chi connectivity index (χ0v) is 11.6. The molecule has 1 aromatic heterocycles. The molecule has 0 saturated heterocycles. The molecule has 0 radical (unpaired) electrons. The highest BCUT2D eigenvalue weighted by atomic mass is 79.9. The van der Waals surface area contributed by atoms with Crippen molar-refractivity contribution in [3.8, 4) is 5.75 Å². The first-order valence-electron chi connectivity index (χ1n) is 5.04. The highest BCUT2D eigenvalue weighted by Crippen LogP contribution is 2.40. The summed E-state index contributed by atoms with van der Waals surface area (Å²) in [5.41, 5.74) is 2.54. The largest absolute Gasteiger partial charge is 0.496 e. The molecule has 0 aliphatic rings. The Hall–Kier alpha value is -0.800. The Morgan fingerprint density at radius 3 is 2.50 bits per heavy atom. The highest BCUT2D eigenvalue weighted by Gasteiger charge is 2.16. The Morgan fingerprint density at radius 2 is 1.88 bits per heavy atom. The van der Waals surface area contributed by atoms with Crippen LogP contribution in [-0.2, 0) is 0 Å². The van der Waals surface area contributed by atoms with E-state index in [9.17, 15) is 0 Å². The van der Waals surface area contributed by atoms with Gasteiger partial charge in [0.2, 0.25) is 0 Å². The maximum Gasteiger partial charge on any atom is 0.134 e. The van der Waals surface area contributed by atoms with Gasteiger partial charge in [0, 0.05) is 0 Å². The van der Waals surface area contributed by atoms with Crippen LogP contribution in [0, 0.1) is 6.92 Å². The van der Waals surface area contributed by atoms with E-state index in [1.54, 1.807) is 18.4 Å². The Labute approximate surface area is 108 Å². The van der Waals surface area contributed by atoms with Gasteiger partial charge in [-0.2, -0.15) is 0 Å². The molecule has 0 spiro atoms. The average molecular weight is 297 g/mol. The van der Waals surface area contributed by atoms with Crippen molar-refractivity contribution in [1.82, 2.24) is 0 Å². The molecular formula is C13H13BrOS. The number of aryl methyl sites for hydroxylation is 1. The van der Waals surface area contributed by atoms with Crippen molar-refractivity contribution in [3.05, 3.63) is 51.7 Å². The second-order valence-electron chi connectivity index (χ2n) is 3.63. The van der Waals surface area contributed by atoms with Crippen LogP contribution in [-0.4, -0.2) is 7.11 Å². The summed E-state index contributed by atoms with van der Waals surface area (Å²) in [6.45, 7) is 2.10. The Kier molecular flexibility index (Phi) is 3.66. The minimum Gasteiger partial charge on any atom is -0.496 e. The number of rotatable bonds is 3. The molecule has 1 aromatic carbocycles. The van der Waals surface area contributed by atoms with E-state index >= 15 is 0 Å². The summed E-state index contributed by atoms with van der Waals surface area (Å²) >= 11 is 5.43. The van der Waals surface area contributed by atoms with Gasteiger partial charge in [0.1, 0.15) is 5.75 Å². The fraction of sp³-hybridized carbons (Fsp3) is 0.231. The third kappa shape index (κ3) is 2.30. The van der Waals surface area contributed by atoms with E-state index in [1.807, 2.05) is 6.07 Å². The number of benzene rings is 1. The number of hydrogen-bond acceptors (Lipinski definition) is 2. The molecule has 2 rings (SSSR count). The van der Waals surface area contributed by atoms with E-state index in [2.05, 4.69) is 52.5 Å². The molecule has 0 saturated carbocycles. The molecule has 0 N–H and O–H groups in total. The molecule has 0 bridgehead atoms. The standard InChI is InChI=1S/C13H13BrOS/c1-9-3-5-10(6-4-9)12(14)13-11(15-2)7-8-16-13/h3-8,12H,1-2H3. The summed E-state index contributed by atoms with van der Waals surface area (Å²) in [7, 11) is 1.71. The van der Waals surface area contributed by atoms with E-state index < -0.39 is 0 Å². The molecule has 16 heavy (non-hydrogen) atoms. The molecule has 2 aromatic rings. The number of ether oxygens (including phenoxy) is 1. The maximum atomic E-state index is 5.33. The van der Waals surface area contributed by atoms with Gasteiger partial charge in [-0.1, -0.05) is 45.8 Å². The first-order valence-corrected chi connectivity index (χ1v) is 6.84. The molecule has 0 fully saturated rings. The molecule has 1 heterocycles. The van der Waals surface area contributed by atoms with Crippen molar-refractivity contribution in [3.63, 3.8) is 0 Å². The van der Waals surface area contributed by atoms with Gasteiger partial charge in [0.15, 0.2) is 0 Å². The first-order chi connectivity index (χ1) is 7.72. The zero-order chi connectivity index (χ0) is 11.5. The lowest BCUT2D eigenvalue weighted by molar-refractivity contribution is 0.413. The monoisotopic (exact) mass is 296 g/mol. The van der Waals surface area contributed by atoms with Crippen LogP contribution < -0.4 is 4.74 Å². The van der Waals surface area contributed by atoms with Crippen LogP contribution in [0.15, 0.2) is 35.7 Å². The first kappa shape index (κ1) is 11.7. The molecule has 1 atom stereocenters. The van der Waals surface area contributed by atoms with Gasteiger partial charge < -0.3 is 4.74 Å². The Bertz CT molecular complexity index is 461. The lowest BCUT2D eigenvalue weighted by Crippen LogP contribution is -1.92. The summed E-state index contributed by atoms with van der Waals surface area (Å²) in [6, 6.07) is 10.6. The predicted octanol–water partition coefficient (Wildman–Crippen LogP) is 4.55. The van der Waals surface area contributed by atoms with Crippen molar-refractivity contribution < 1.29 is 4.74 Å². The number of hydrogen-bond donors (Lipinski definition) is 0. The van der Waals surface area contributed by atoms with Crippen molar-refractivity contribution in [1.29, 1.82) is 0 Å². The van der Waals surface area contributed by atoms with Gasteiger partial charge in [-0.15, -0.1) is 11.3 Å². The van der Waals surface area contributed by atoms with Crippen LogP contribution in [0.3, 0.4) is 0 Å². The fourth-order valence-corrected chi connectivity index (χ4v) is 3.27.